The fraction of sp³-hybridized carbons (Fsp3) is 0.308. The van der Waals surface area contributed by atoms with Crippen molar-refractivity contribution >= 4 is 22.5 Å². The predicted octanol–water partition coefficient (Wildman–Crippen LogP) is 7.13. The van der Waals surface area contributed by atoms with E-state index >= 15 is 0 Å². The number of unbranched alkanes of at least 4 members (excludes halogenated alkanes) is 1. The van der Waals surface area contributed by atoms with Gasteiger partial charge in [0.15, 0.2) is 0 Å². The first-order chi connectivity index (χ1) is 15.9. The molecule has 0 aliphatic rings. The maximum Gasteiger partial charge on any atom is 0.258 e. The molecule has 0 atom stereocenters. The molecule has 6 nitrogen and oxygen atoms in total. The van der Waals surface area contributed by atoms with E-state index in [0.717, 1.165) is 48.1 Å². The Hall–Kier alpha value is -3.25. The van der Waals surface area contributed by atoms with E-state index in [2.05, 4.69) is 45.7 Å². The summed E-state index contributed by atoms with van der Waals surface area (Å²) in [5, 5.41) is 5.82. The molecular weight excluding hydrogens is 438 g/mol. The van der Waals surface area contributed by atoms with E-state index in [4.69, 9.17) is 25.6 Å². The van der Waals surface area contributed by atoms with E-state index in [1.54, 1.807) is 13.2 Å². The molecule has 4 rings (SSSR count). The van der Waals surface area contributed by atoms with Crippen molar-refractivity contribution < 1.29 is 14.0 Å². The van der Waals surface area contributed by atoms with Gasteiger partial charge in [0.1, 0.15) is 5.75 Å². The summed E-state index contributed by atoms with van der Waals surface area (Å²) in [4.78, 5) is 4.58. The molecule has 0 aliphatic heterocycles. The monoisotopic (exact) mass is 465 g/mol. The molecule has 0 unspecified atom stereocenters. The Labute approximate surface area is 198 Å². The number of allylic oxidation sites excluding steroid dienone is 1. The number of benzene rings is 2. The van der Waals surface area contributed by atoms with Crippen LogP contribution in [0.2, 0.25) is 5.02 Å². The number of methoxy groups -OCH3 is 1. The minimum atomic E-state index is 0.0452. The van der Waals surface area contributed by atoms with Gasteiger partial charge in [0.25, 0.3) is 5.89 Å². The topological polar surface area (TPSA) is 62.3 Å². The Morgan fingerprint density at radius 2 is 1.94 bits per heavy atom. The van der Waals surface area contributed by atoms with Crippen molar-refractivity contribution in [3.05, 3.63) is 66.0 Å². The summed E-state index contributed by atoms with van der Waals surface area (Å²) in [5.74, 6) is 2.42. The summed E-state index contributed by atoms with van der Waals surface area (Å²) in [7, 11) is 1.67. The number of fused-ring (bicyclic) bond motifs is 1. The summed E-state index contributed by atoms with van der Waals surface area (Å²) in [6.07, 6.45) is 5.16. The molecule has 0 saturated carbocycles. The number of aromatic nitrogens is 3. The summed E-state index contributed by atoms with van der Waals surface area (Å²) < 4.78 is 18.6. The minimum absolute atomic E-state index is 0.0452. The first-order valence-corrected chi connectivity index (χ1v) is 11.4. The van der Waals surface area contributed by atoms with Crippen LogP contribution in [0.15, 0.2) is 65.5 Å². The Kier molecular flexibility index (Phi) is 7.04. The number of rotatable bonds is 10. The van der Waals surface area contributed by atoms with Crippen LogP contribution in [-0.2, 0) is 11.3 Å². The molecule has 0 N–H and O–H groups in total. The van der Waals surface area contributed by atoms with E-state index in [-0.39, 0.29) is 6.10 Å². The Morgan fingerprint density at radius 3 is 2.70 bits per heavy atom. The average molecular weight is 466 g/mol. The van der Waals surface area contributed by atoms with Gasteiger partial charge in [0.05, 0.1) is 24.0 Å². The van der Waals surface area contributed by atoms with Gasteiger partial charge in [0, 0.05) is 41.2 Å². The molecule has 4 aromatic rings. The second-order valence-electron chi connectivity index (χ2n) is 8.22. The number of aryl methyl sites for hydroxylation is 1. The summed E-state index contributed by atoms with van der Waals surface area (Å²) in [6.45, 7) is 8.74. The fourth-order valence-corrected chi connectivity index (χ4v) is 3.91. The van der Waals surface area contributed by atoms with Crippen LogP contribution in [0.4, 0.5) is 0 Å². The molecule has 7 heteroatoms. The molecule has 0 saturated heterocycles. The lowest BCUT2D eigenvalue weighted by atomic mass is 10.1. The van der Waals surface area contributed by atoms with Crippen LogP contribution < -0.4 is 4.74 Å². The largest absolute Gasteiger partial charge is 0.502 e. The third-order valence-corrected chi connectivity index (χ3v) is 5.69. The van der Waals surface area contributed by atoms with Crippen molar-refractivity contribution in [2.45, 2.75) is 45.8 Å². The number of hydrogen-bond donors (Lipinski definition) is 0. The molecule has 172 valence electrons. The van der Waals surface area contributed by atoms with E-state index in [9.17, 15) is 0 Å². The van der Waals surface area contributed by atoms with Crippen LogP contribution in [0, 0.1) is 0 Å². The first kappa shape index (κ1) is 22.9. The van der Waals surface area contributed by atoms with Crippen LogP contribution in [-0.4, -0.2) is 27.9 Å². The summed E-state index contributed by atoms with van der Waals surface area (Å²) in [6, 6.07) is 13.8. The zero-order valence-electron chi connectivity index (χ0n) is 19.2. The molecule has 2 aromatic carbocycles. The highest BCUT2D eigenvalue weighted by molar-refractivity contribution is 6.32. The zero-order chi connectivity index (χ0) is 23.4. The highest BCUT2D eigenvalue weighted by Gasteiger charge is 2.14. The third-order valence-electron chi connectivity index (χ3n) is 5.39. The highest BCUT2D eigenvalue weighted by atomic mass is 35.5. The maximum absolute atomic E-state index is 6.36. The van der Waals surface area contributed by atoms with Gasteiger partial charge in [-0.3, -0.25) is 0 Å². The molecule has 0 radical (unpaired) electrons. The summed E-state index contributed by atoms with van der Waals surface area (Å²) >= 11 is 6.36. The van der Waals surface area contributed by atoms with Gasteiger partial charge in [0.2, 0.25) is 5.82 Å². The van der Waals surface area contributed by atoms with Crippen LogP contribution in [0.5, 0.6) is 5.75 Å². The Morgan fingerprint density at radius 1 is 1.12 bits per heavy atom. The van der Waals surface area contributed by atoms with Gasteiger partial charge in [-0.25, -0.2) is 0 Å². The number of nitrogens with zero attached hydrogens (tertiary/aromatic N) is 3. The standard InChI is InChI=1S/C26H28ClN3O3/c1-17(2)32-24-11-9-21(16-22(24)27)26-28-25(29-33-26)20-8-10-23-19(15-20)12-14-30(23)13-6-5-7-18(3)31-4/h8-12,14-17H,3,5-7,13H2,1-2,4H3. The number of hydrogen-bond acceptors (Lipinski definition) is 5. The second kappa shape index (κ2) is 10.1. The predicted molar refractivity (Wildman–Crippen MR) is 131 cm³/mol. The quantitative estimate of drug-likeness (QED) is 0.184. The normalized spacial score (nSPS) is 11.3. The third kappa shape index (κ3) is 5.40. The average Bonchev–Trinajstić information content (AvgIpc) is 3.45. The fourth-order valence-electron chi connectivity index (χ4n) is 3.68. The smallest absolute Gasteiger partial charge is 0.258 e. The van der Waals surface area contributed by atoms with Gasteiger partial charge in [-0.05, 0) is 69.2 Å². The molecule has 33 heavy (non-hydrogen) atoms. The van der Waals surface area contributed by atoms with E-state index < -0.39 is 0 Å². The lowest BCUT2D eigenvalue weighted by molar-refractivity contribution is 0.242. The lowest BCUT2D eigenvalue weighted by Gasteiger charge is -2.11. The van der Waals surface area contributed by atoms with E-state index in [1.807, 2.05) is 32.0 Å². The van der Waals surface area contributed by atoms with Crippen molar-refractivity contribution in [1.29, 1.82) is 0 Å². The van der Waals surface area contributed by atoms with Gasteiger partial charge in [-0.1, -0.05) is 23.3 Å². The molecule has 0 amide bonds. The summed E-state index contributed by atoms with van der Waals surface area (Å²) in [5.41, 5.74) is 2.83. The first-order valence-electron chi connectivity index (χ1n) is 11.1. The number of ether oxygens (including phenoxy) is 2. The molecule has 2 heterocycles. The Bertz CT molecular complexity index is 1260. The van der Waals surface area contributed by atoms with Crippen molar-refractivity contribution in [3.8, 4) is 28.6 Å². The molecular formula is C26H28ClN3O3. The van der Waals surface area contributed by atoms with Crippen molar-refractivity contribution in [2.75, 3.05) is 7.11 Å². The zero-order valence-corrected chi connectivity index (χ0v) is 19.9. The van der Waals surface area contributed by atoms with Crippen LogP contribution in [0.1, 0.15) is 33.1 Å². The SMILES string of the molecule is C=C(CCCCn1ccc2cc(-c3noc(-c4ccc(OC(C)C)c(Cl)c4)n3)ccc21)OC. The van der Waals surface area contributed by atoms with Gasteiger partial charge in [-0.2, -0.15) is 4.98 Å². The molecule has 2 aromatic heterocycles. The maximum atomic E-state index is 6.36. The molecule has 0 fully saturated rings. The molecule has 0 spiro atoms. The van der Waals surface area contributed by atoms with Crippen molar-refractivity contribution in [2.24, 2.45) is 0 Å². The van der Waals surface area contributed by atoms with Crippen molar-refractivity contribution in [1.82, 2.24) is 14.7 Å². The van der Waals surface area contributed by atoms with E-state index in [1.165, 1.54) is 5.52 Å². The minimum Gasteiger partial charge on any atom is -0.502 e. The van der Waals surface area contributed by atoms with Gasteiger partial charge in [-0.15, -0.1) is 0 Å². The lowest BCUT2D eigenvalue weighted by Crippen LogP contribution is -2.05. The van der Waals surface area contributed by atoms with E-state index in [0.29, 0.717) is 22.5 Å². The van der Waals surface area contributed by atoms with Crippen LogP contribution in [0.3, 0.4) is 0 Å². The molecule has 0 bridgehead atoms. The van der Waals surface area contributed by atoms with Crippen LogP contribution in [0.25, 0.3) is 33.7 Å². The van der Waals surface area contributed by atoms with Gasteiger partial charge < -0.3 is 18.6 Å². The van der Waals surface area contributed by atoms with Crippen molar-refractivity contribution in [3.63, 3.8) is 0 Å². The second-order valence-corrected chi connectivity index (χ2v) is 8.62. The molecule has 0 aliphatic carbocycles. The Balaban J connectivity index is 1.48. The number of halogens is 1. The van der Waals surface area contributed by atoms with Crippen LogP contribution >= 0.6 is 11.6 Å². The van der Waals surface area contributed by atoms with Gasteiger partial charge >= 0.3 is 0 Å². The highest BCUT2D eigenvalue weighted by Crippen LogP contribution is 2.32.